The molecule has 0 radical (unpaired) electrons. The van der Waals surface area contributed by atoms with Gasteiger partial charge in [-0.05, 0) is 37.8 Å². The van der Waals surface area contributed by atoms with Gasteiger partial charge in [0, 0.05) is 54.1 Å². The van der Waals surface area contributed by atoms with Crippen LogP contribution in [0.3, 0.4) is 0 Å². The Kier molecular flexibility index (Phi) is 4.01. The first kappa shape index (κ1) is 17.1. The highest BCUT2D eigenvalue weighted by Crippen LogP contribution is 2.35. The van der Waals surface area contributed by atoms with E-state index >= 15 is 0 Å². The van der Waals surface area contributed by atoms with Crippen LogP contribution in [0.15, 0.2) is 36.9 Å². The summed E-state index contributed by atoms with van der Waals surface area (Å²) in [5.41, 5.74) is 8.88. The van der Waals surface area contributed by atoms with Crippen molar-refractivity contribution < 1.29 is 4.79 Å². The molecule has 0 saturated carbocycles. The van der Waals surface area contributed by atoms with Crippen LogP contribution in [0, 0.1) is 0 Å². The predicted molar refractivity (Wildman–Crippen MR) is 107 cm³/mol. The van der Waals surface area contributed by atoms with E-state index in [4.69, 9.17) is 5.73 Å². The molecule has 2 aliphatic heterocycles. The number of amides is 2. The maximum absolute atomic E-state index is 12.9. The van der Waals surface area contributed by atoms with Gasteiger partial charge in [0.05, 0.1) is 17.9 Å². The molecule has 5 heterocycles. The summed E-state index contributed by atoms with van der Waals surface area (Å²) >= 11 is 0. The topological polar surface area (TPSA) is 102 Å². The third-order valence-corrected chi connectivity index (χ3v) is 5.84. The Morgan fingerprint density at radius 3 is 2.61 bits per heavy atom. The van der Waals surface area contributed by atoms with Gasteiger partial charge in [-0.2, -0.15) is 5.10 Å². The average Bonchev–Trinajstić information content (AvgIpc) is 3.22. The molecule has 0 spiro atoms. The molecule has 3 atom stereocenters. The van der Waals surface area contributed by atoms with E-state index < -0.39 is 0 Å². The summed E-state index contributed by atoms with van der Waals surface area (Å²) in [7, 11) is 1.89. The molecule has 0 aromatic carbocycles. The third-order valence-electron chi connectivity index (χ3n) is 5.84. The van der Waals surface area contributed by atoms with Crippen molar-refractivity contribution in [3.63, 3.8) is 0 Å². The third kappa shape index (κ3) is 2.99. The van der Waals surface area contributed by atoms with Crippen LogP contribution >= 0.6 is 0 Å². The number of nitrogens with two attached hydrogens (primary N) is 1. The van der Waals surface area contributed by atoms with Crippen LogP contribution < -0.4 is 11.1 Å². The van der Waals surface area contributed by atoms with Crippen LogP contribution in [0.5, 0.6) is 0 Å². The number of anilines is 1. The summed E-state index contributed by atoms with van der Waals surface area (Å²) in [4.78, 5) is 23.7. The number of rotatable bonds is 2. The highest BCUT2D eigenvalue weighted by Gasteiger charge is 2.42. The van der Waals surface area contributed by atoms with Gasteiger partial charge in [0.2, 0.25) is 0 Å². The van der Waals surface area contributed by atoms with E-state index in [0.29, 0.717) is 5.82 Å². The molecular weight excluding hydrogens is 354 g/mol. The Bertz CT molecular complexity index is 1030. The molecule has 2 bridgehead atoms. The zero-order chi connectivity index (χ0) is 19.3. The van der Waals surface area contributed by atoms with Gasteiger partial charge in [0.1, 0.15) is 5.82 Å². The van der Waals surface area contributed by atoms with E-state index in [1.54, 1.807) is 10.9 Å². The molecule has 8 nitrogen and oxygen atoms in total. The summed E-state index contributed by atoms with van der Waals surface area (Å²) < 4.78 is 1.76. The van der Waals surface area contributed by atoms with E-state index in [1.165, 1.54) is 0 Å². The Balaban J connectivity index is 1.39. The number of piperidine rings is 1. The molecule has 2 saturated heterocycles. The smallest absolute Gasteiger partial charge is 0.323 e. The van der Waals surface area contributed by atoms with Crippen molar-refractivity contribution in [1.29, 1.82) is 0 Å². The molecular formula is C20H23N7O. The van der Waals surface area contributed by atoms with Crippen LogP contribution in [0.2, 0.25) is 0 Å². The predicted octanol–water partition coefficient (Wildman–Crippen LogP) is 2.52. The number of aryl methyl sites for hydroxylation is 1. The molecule has 28 heavy (non-hydrogen) atoms. The van der Waals surface area contributed by atoms with Crippen LogP contribution in [0.4, 0.5) is 10.6 Å². The zero-order valence-electron chi connectivity index (χ0n) is 15.7. The zero-order valence-corrected chi connectivity index (χ0v) is 15.7. The molecule has 2 amide bonds. The molecule has 2 fully saturated rings. The summed E-state index contributed by atoms with van der Waals surface area (Å²) in [6, 6.07) is 4.53. The largest absolute Gasteiger partial charge is 0.328 e. The number of hydrogen-bond donors (Lipinski definition) is 2. The van der Waals surface area contributed by atoms with Crippen molar-refractivity contribution in [2.75, 3.05) is 5.32 Å². The normalized spacial score (nSPS) is 23.9. The fourth-order valence-electron chi connectivity index (χ4n) is 4.55. The first-order valence-electron chi connectivity index (χ1n) is 9.66. The van der Waals surface area contributed by atoms with Crippen molar-refractivity contribution in [2.45, 2.75) is 43.8 Å². The first-order chi connectivity index (χ1) is 13.6. The molecule has 3 N–H and O–H groups in total. The van der Waals surface area contributed by atoms with Crippen molar-refractivity contribution in [1.82, 2.24) is 24.6 Å². The average molecular weight is 377 g/mol. The van der Waals surface area contributed by atoms with Crippen molar-refractivity contribution >= 4 is 22.8 Å². The summed E-state index contributed by atoms with van der Waals surface area (Å²) in [6.07, 6.45) is 11.1. The minimum atomic E-state index is -0.0809. The van der Waals surface area contributed by atoms with Gasteiger partial charge in [-0.3, -0.25) is 15.0 Å². The molecule has 8 heteroatoms. The highest BCUT2D eigenvalue weighted by molar-refractivity contribution is 5.92. The van der Waals surface area contributed by atoms with Gasteiger partial charge in [-0.1, -0.05) is 0 Å². The van der Waals surface area contributed by atoms with E-state index in [0.717, 1.165) is 47.7 Å². The Morgan fingerprint density at radius 1 is 1.11 bits per heavy atom. The van der Waals surface area contributed by atoms with Crippen molar-refractivity contribution in [3.8, 4) is 11.1 Å². The van der Waals surface area contributed by atoms with E-state index in [9.17, 15) is 4.79 Å². The Hall–Kier alpha value is -3.00. The van der Waals surface area contributed by atoms with Gasteiger partial charge in [-0.15, -0.1) is 0 Å². The van der Waals surface area contributed by atoms with Gasteiger partial charge < -0.3 is 10.6 Å². The fraction of sp³-hybridized carbons (Fsp3) is 0.400. The van der Waals surface area contributed by atoms with Crippen molar-refractivity contribution in [3.05, 3.63) is 36.9 Å². The molecule has 3 aromatic heterocycles. The molecule has 0 unspecified atom stereocenters. The first-order valence-corrected chi connectivity index (χ1v) is 9.66. The van der Waals surface area contributed by atoms with Crippen LogP contribution in [0.1, 0.15) is 25.7 Å². The highest BCUT2D eigenvalue weighted by atomic mass is 16.2. The lowest BCUT2D eigenvalue weighted by Crippen LogP contribution is -2.51. The summed E-state index contributed by atoms with van der Waals surface area (Å²) in [5, 5.41) is 8.11. The van der Waals surface area contributed by atoms with Crippen molar-refractivity contribution in [2.24, 2.45) is 12.8 Å². The number of hydrogen-bond acceptors (Lipinski definition) is 5. The minimum absolute atomic E-state index is 0.0809. The number of carbonyl (C=O) groups is 1. The Labute approximate surface area is 162 Å². The van der Waals surface area contributed by atoms with Crippen LogP contribution in [-0.2, 0) is 7.05 Å². The number of carbonyl (C=O) groups excluding carboxylic acids is 1. The second-order valence-corrected chi connectivity index (χ2v) is 7.84. The number of nitrogens with one attached hydrogen (secondary N) is 1. The fourth-order valence-corrected chi connectivity index (χ4v) is 4.55. The number of urea groups is 1. The second kappa shape index (κ2) is 6.56. The number of fused-ring (bicyclic) bond motifs is 3. The van der Waals surface area contributed by atoms with E-state index in [2.05, 4.69) is 20.4 Å². The summed E-state index contributed by atoms with van der Waals surface area (Å²) in [6.45, 7) is 0. The maximum atomic E-state index is 12.9. The SMILES string of the molecule is Cn1cc(-c2cnc3cnc(NC(=O)N4[C@@H]5CC[C@H]4C[C@@H](N)C5)cc3c2)cn1. The number of aromatic nitrogens is 4. The molecule has 2 aliphatic rings. The standard InChI is InChI=1S/C20H23N7O/c1-26-11-14(9-24-26)13-4-12-5-19(23-10-18(12)22-8-13)25-20(28)27-16-2-3-17(27)7-15(21)6-16/h4-5,8-11,15-17H,2-3,6-7,21H2,1H3,(H,23,25,28)/t15-,16+,17-. The van der Waals surface area contributed by atoms with Crippen LogP contribution in [0.25, 0.3) is 22.0 Å². The molecule has 144 valence electrons. The van der Waals surface area contributed by atoms with Gasteiger partial charge >= 0.3 is 6.03 Å². The quantitative estimate of drug-likeness (QED) is 0.714. The lowest BCUT2D eigenvalue weighted by molar-refractivity contribution is 0.150. The minimum Gasteiger partial charge on any atom is -0.328 e. The van der Waals surface area contributed by atoms with Gasteiger partial charge in [0.25, 0.3) is 0 Å². The van der Waals surface area contributed by atoms with E-state index in [1.807, 2.05) is 42.7 Å². The maximum Gasteiger partial charge on any atom is 0.323 e. The van der Waals surface area contributed by atoms with Crippen LogP contribution in [-0.4, -0.2) is 48.8 Å². The monoisotopic (exact) mass is 377 g/mol. The lowest BCUT2D eigenvalue weighted by Gasteiger charge is -2.37. The second-order valence-electron chi connectivity index (χ2n) is 7.84. The molecule has 5 rings (SSSR count). The number of nitrogens with zero attached hydrogens (tertiary/aromatic N) is 5. The number of pyridine rings is 2. The molecule has 3 aromatic rings. The Morgan fingerprint density at radius 2 is 1.89 bits per heavy atom. The molecule has 0 aliphatic carbocycles. The van der Waals surface area contributed by atoms with Gasteiger partial charge in [0.15, 0.2) is 0 Å². The van der Waals surface area contributed by atoms with Gasteiger partial charge in [-0.25, -0.2) is 9.78 Å². The summed E-state index contributed by atoms with van der Waals surface area (Å²) in [5.74, 6) is 0.539. The lowest BCUT2D eigenvalue weighted by atomic mass is 9.99. The van der Waals surface area contributed by atoms with E-state index in [-0.39, 0.29) is 24.2 Å².